The third kappa shape index (κ3) is 7.44. The molecule has 10 heteroatoms. The van der Waals surface area contributed by atoms with E-state index in [9.17, 15) is 14.4 Å². The molecule has 0 bridgehead atoms. The SMILES string of the molecule is CCOC(=O)c1cccc(NC(=O)CSc2ccc(N3CCC(C(=O)NC(C)C)CC3)nn2)c1. The van der Waals surface area contributed by atoms with Gasteiger partial charge in [0.15, 0.2) is 5.82 Å². The molecule has 1 aromatic carbocycles. The van der Waals surface area contributed by atoms with Gasteiger partial charge in [0.1, 0.15) is 5.03 Å². The van der Waals surface area contributed by atoms with Crippen LogP contribution < -0.4 is 15.5 Å². The van der Waals surface area contributed by atoms with Crippen LogP contribution in [0.3, 0.4) is 0 Å². The summed E-state index contributed by atoms with van der Waals surface area (Å²) in [5, 5.41) is 14.9. The van der Waals surface area contributed by atoms with Gasteiger partial charge in [-0.2, -0.15) is 0 Å². The Bertz CT molecular complexity index is 991. The van der Waals surface area contributed by atoms with Crippen LogP contribution in [0, 0.1) is 5.92 Å². The zero-order chi connectivity index (χ0) is 24.5. The van der Waals surface area contributed by atoms with E-state index in [2.05, 4.69) is 25.7 Å². The fourth-order valence-electron chi connectivity index (χ4n) is 3.61. The molecule has 2 N–H and O–H groups in total. The van der Waals surface area contributed by atoms with Gasteiger partial charge in [0.2, 0.25) is 11.8 Å². The van der Waals surface area contributed by atoms with Crippen LogP contribution in [-0.2, 0) is 14.3 Å². The lowest BCUT2D eigenvalue weighted by Crippen LogP contribution is -2.42. The number of carbonyl (C=O) groups is 3. The van der Waals surface area contributed by atoms with Crippen molar-refractivity contribution in [3.05, 3.63) is 42.0 Å². The molecule has 2 amide bonds. The number of esters is 1. The second-order valence-electron chi connectivity index (χ2n) is 8.29. The fraction of sp³-hybridized carbons (Fsp3) is 0.458. The van der Waals surface area contributed by atoms with E-state index in [0.29, 0.717) is 22.9 Å². The predicted molar refractivity (Wildman–Crippen MR) is 132 cm³/mol. The van der Waals surface area contributed by atoms with Crippen molar-refractivity contribution in [1.29, 1.82) is 0 Å². The van der Waals surface area contributed by atoms with Gasteiger partial charge in [0, 0.05) is 30.7 Å². The zero-order valence-corrected chi connectivity index (χ0v) is 20.6. The molecule has 1 aromatic heterocycles. The molecule has 3 rings (SSSR count). The smallest absolute Gasteiger partial charge is 0.338 e. The summed E-state index contributed by atoms with van der Waals surface area (Å²) in [5.41, 5.74) is 0.918. The third-order valence-electron chi connectivity index (χ3n) is 5.26. The van der Waals surface area contributed by atoms with Crippen molar-refractivity contribution >= 4 is 41.1 Å². The van der Waals surface area contributed by atoms with Crippen LogP contribution in [-0.4, -0.2) is 59.5 Å². The number of anilines is 2. The molecule has 0 spiro atoms. The summed E-state index contributed by atoms with van der Waals surface area (Å²) in [4.78, 5) is 38.5. The molecule has 34 heavy (non-hydrogen) atoms. The summed E-state index contributed by atoms with van der Waals surface area (Å²) >= 11 is 1.28. The average Bonchev–Trinajstić information content (AvgIpc) is 2.83. The van der Waals surface area contributed by atoms with Crippen molar-refractivity contribution in [3.63, 3.8) is 0 Å². The Morgan fingerprint density at radius 2 is 1.91 bits per heavy atom. The highest BCUT2D eigenvalue weighted by atomic mass is 32.2. The Kier molecular flexibility index (Phi) is 9.26. The summed E-state index contributed by atoms with van der Waals surface area (Å²) in [7, 11) is 0. The predicted octanol–water partition coefficient (Wildman–Crippen LogP) is 3.13. The number of thioether (sulfide) groups is 1. The Labute approximate surface area is 204 Å². The van der Waals surface area contributed by atoms with Crippen LogP contribution in [0.1, 0.15) is 44.0 Å². The van der Waals surface area contributed by atoms with Gasteiger partial charge < -0.3 is 20.3 Å². The maximum absolute atomic E-state index is 12.3. The maximum atomic E-state index is 12.3. The molecule has 0 aliphatic carbocycles. The van der Waals surface area contributed by atoms with Crippen molar-refractivity contribution in [2.24, 2.45) is 5.92 Å². The second-order valence-corrected chi connectivity index (χ2v) is 9.29. The Morgan fingerprint density at radius 1 is 1.15 bits per heavy atom. The van der Waals surface area contributed by atoms with Crippen LogP contribution in [0.4, 0.5) is 11.5 Å². The van der Waals surface area contributed by atoms with E-state index >= 15 is 0 Å². The van der Waals surface area contributed by atoms with Crippen molar-refractivity contribution in [2.75, 3.05) is 35.7 Å². The number of hydrogen-bond donors (Lipinski definition) is 2. The first-order valence-electron chi connectivity index (χ1n) is 11.4. The molecule has 182 valence electrons. The van der Waals surface area contributed by atoms with Crippen LogP contribution >= 0.6 is 11.8 Å². The van der Waals surface area contributed by atoms with E-state index in [1.165, 1.54) is 11.8 Å². The van der Waals surface area contributed by atoms with Gasteiger partial charge in [0.05, 0.1) is 17.9 Å². The summed E-state index contributed by atoms with van der Waals surface area (Å²) in [6.07, 6.45) is 1.57. The number of piperidine rings is 1. The molecule has 0 radical (unpaired) electrons. The molecule has 1 saturated heterocycles. The highest BCUT2D eigenvalue weighted by molar-refractivity contribution is 7.99. The number of amides is 2. The number of nitrogens with zero attached hydrogens (tertiary/aromatic N) is 3. The van der Waals surface area contributed by atoms with Gasteiger partial charge in [-0.15, -0.1) is 10.2 Å². The Balaban J connectivity index is 1.45. The Hall–Kier alpha value is -3.14. The maximum Gasteiger partial charge on any atom is 0.338 e. The van der Waals surface area contributed by atoms with Gasteiger partial charge in [-0.1, -0.05) is 17.8 Å². The van der Waals surface area contributed by atoms with Gasteiger partial charge in [-0.3, -0.25) is 9.59 Å². The van der Waals surface area contributed by atoms with E-state index in [1.807, 2.05) is 26.0 Å². The van der Waals surface area contributed by atoms with Gasteiger partial charge in [-0.25, -0.2) is 4.79 Å². The fourth-order valence-corrected chi connectivity index (χ4v) is 4.22. The quantitative estimate of drug-likeness (QED) is 0.411. The molecule has 1 aliphatic heterocycles. The molecule has 1 aliphatic rings. The number of aromatic nitrogens is 2. The minimum absolute atomic E-state index is 0.0398. The number of ether oxygens (including phenoxy) is 1. The van der Waals surface area contributed by atoms with Crippen LogP contribution in [0.15, 0.2) is 41.4 Å². The van der Waals surface area contributed by atoms with Crippen molar-refractivity contribution < 1.29 is 19.1 Å². The van der Waals surface area contributed by atoms with Crippen LogP contribution in [0.25, 0.3) is 0 Å². The molecular formula is C24H31N5O4S. The average molecular weight is 486 g/mol. The molecular weight excluding hydrogens is 454 g/mol. The normalized spacial score (nSPS) is 14.1. The second kappa shape index (κ2) is 12.4. The highest BCUT2D eigenvalue weighted by Crippen LogP contribution is 2.23. The van der Waals surface area contributed by atoms with E-state index in [1.54, 1.807) is 31.2 Å². The van der Waals surface area contributed by atoms with Gasteiger partial charge in [0.25, 0.3) is 0 Å². The minimum atomic E-state index is -0.425. The first-order valence-corrected chi connectivity index (χ1v) is 12.4. The van der Waals surface area contributed by atoms with Crippen molar-refractivity contribution in [2.45, 2.75) is 44.7 Å². The highest BCUT2D eigenvalue weighted by Gasteiger charge is 2.26. The summed E-state index contributed by atoms with van der Waals surface area (Å²) < 4.78 is 4.98. The lowest BCUT2D eigenvalue weighted by atomic mass is 9.95. The molecule has 0 unspecified atom stereocenters. The van der Waals surface area contributed by atoms with E-state index in [0.717, 1.165) is 31.7 Å². The molecule has 0 atom stereocenters. The number of benzene rings is 1. The summed E-state index contributed by atoms with van der Waals surface area (Å²) in [6, 6.07) is 10.5. The molecule has 0 saturated carbocycles. The molecule has 2 aromatic rings. The molecule has 9 nitrogen and oxygen atoms in total. The number of carbonyl (C=O) groups excluding carboxylic acids is 3. The summed E-state index contributed by atoms with van der Waals surface area (Å²) in [5.74, 6) is 0.460. The minimum Gasteiger partial charge on any atom is -0.462 e. The van der Waals surface area contributed by atoms with E-state index in [4.69, 9.17) is 4.74 Å². The Morgan fingerprint density at radius 3 is 2.56 bits per heavy atom. The largest absolute Gasteiger partial charge is 0.462 e. The van der Waals surface area contributed by atoms with Crippen molar-refractivity contribution in [1.82, 2.24) is 15.5 Å². The molecule has 2 heterocycles. The van der Waals surface area contributed by atoms with Crippen LogP contribution in [0.5, 0.6) is 0 Å². The number of hydrogen-bond acceptors (Lipinski definition) is 8. The van der Waals surface area contributed by atoms with Gasteiger partial charge >= 0.3 is 5.97 Å². The van der Waals surface area contributed by atoms with E-state index < -0.39 is 5.97 Å². The zero-order valence-electron chi connectivity index (χ0n) is 19.7. The van der Waals surface area contributed by atoms with Crippen LogP contribution in [0.2, 0.25) is 0 Å². The lowest BCUT2D eigenvalue weighted by molar-refractivity contribution is -0.126. The standard InChI is InChI=1S/C24H31N5O4S/c1-4-33-24(32)18-6-5-7-19(14-18)26-21(30)15-34-22-9-8-20(27-28-22)29-12-10-17(11-13-29)23(31)25-16(2)3/h5-9,14,16-17H,4,10-13,15H2,1-3H3,(H,25,31)(H,26,30). The first kappa shape index (κ1) is 25.5. The van der Waals surface area contributed by atoms with E-state index in [-0.39, 0.29) is 29.5 Å². The van der Waals surface area contributed by atoms with Gasteiger partial charge in [-0.05, 0) is 63.9 Å². The summed E-state index contributed by atoms with van der Waals surface area (Å²) in [6.45, 7) is 7.48. The monoisotopic (exact) mass is 485 g/mol. The number of nitrogens with one attached hydrogen (secondary N) is 2. The topological polar surface area (TPSA) is 114 Å². The number of rotatable bonds is 9. The lowest BCUT2D eigenvalue weighted by Gasteiger charge is -2.32. The molecule has 1 fully saturated rings. The van der Waals surface area contributed by atoms with Crippen molar-refractivity contribution in [3.8, 4) is 0 Å². The first-order chi connectivity index (χ1) is 16.4. The third-order valence-corrected chi connectivity index (χ3v) is 6.18.